The minimum absolute atomic E-state index is 0.140. The summed E-state index contributed by atoms with van der Waals surface area (Å²) in [6, 6.07) is 9.51. The maximum atomic E-state index is 12.6. The highest BCUT2D eigenvalue weighted by molar-refractivity contribution is 5.96. The van der Waals surface area contributed by atoms with E-state index in [1.165, 1.54) is 36.0 Å². The number of aromatic nitrogens is 2. The molecule has 0 saturated carbocycles. The molecule has 0 radical (unpaired) electrons. The van der Waals surface area contributed by atoms with Gasteiger partial charge in [0.1, 0.15) is 17.3 Å². The largest absolute Gasteiger partial charge is 0.573 e. The molecule has 0 unspecified atom stereocenters. The third-order valence-electron chi connectivity index (χ3n) is 4.13. The number of carboxylic acid groups (broad SMARTS) is 1. The number of alkyl halides is 3. The number of pyridine rings is 1. The number of rotatable bonds is 5. The van der Waals surface area contributed by atoms with Crippen LogP contribution in [0.25, 0.3) is 22.3 Å². The maximum absolute atomic E-state index is 12.6. The van der Waals surface area contributed by atoms with Crippen molar-refractivity contribution < 1.29 is 37.3 Å². The van der Waals surface area contributed by atoms with Crippen LogP contribution in [0.2, 0.25) is 0 Å². The molecule has 0 aliphatic heterocycles. The number of benzene rings is 1. The molecule has 2 heterocycles. The summed E-state index contributed by atoms with van der Waals surface area (Å²) >= 11 is 0. The second-order valence-electron chi connectivity index (χ2n) is 6.17. The third kappa shape index (κ3) is 4.43. The van der Waals surface area contributed by atoms with Crippen LogP contribution in [0.5, 0.6) is 5.75 Å². The fraction of sp³-hybridized carbons (Fsp3) is 0.150. The molecule has 156 valence electrons. The zero-order valence-corrected chi connectivity index (χ0v) is 15.7. The molecule has 0 spiro atoms. The van der Waals surface area contributed by atoms with Gasteiger partial charge in [0.05, 0.1) is 18.3 Å². The minimum atomic E-state index is -4.89. The van der Waals surface area contributed by atoms with E-state index in [1.54, 1.807) is 19.1 Å². The Kier molecular flexibility index (Phi) is 5.50. The number of hydrogen-bond acceptors (Lipinski definition) is 5. The van der Waals surface area contributed by atoms with Crippen LogP contribution in [0.1, 0.15) is 23.1 Å². The number of allylic oxidation sites excluding steroid dienone is 1. The molecule has 0 fully saturated rings. The number of aromatic carboxylic acids is 1. The Bertz CT molecular complexity index is 1160. The number of halogens is 3. The average Bonchev–Trinajstić information content (AvgIpc) is 3.05. The lowest BCUT2D eigenvalue weighted by Crippen LogP contribution is -2.17. The van der Waals surface area contributed by atoms with Crippen molar-refractivity contribution in [3.8, 4) is 11.6 Å². The van der Waals surface area contributed by atoms with Crippen molar-refractivity contribution in [2.75, 3.05) is 7.11 Å². The summed E-state index contributed by atoms with van der Waals surface area (Å²) in [5.41, 5.74) is 0.777. The second-order valence-corrected chi connectivity index (χ2v) is 6.17. The Labute approximate surface area is 168 Å². The Hall–Kier alpha value is -3.82. The lowest BCUT2D eigenvalue weighted by Gasteiger charge is -2.12. The van der Waals surface area contributed by atoms with Crippen molar-refractivity contribution in [3.63, 3.8) is 0 Å². The first kappa shape index (κ1) is 20.9. The first-order valence-corrected chi connectivity index (χ1v) is 8.47. The average molecular weight is 420 g/mol. The molecule has 0 amide bonds. The van der Waals surface area contributed by atoms with E-state index in [4.69, 9.17) is 0 Å². The van der Waals surface area contributed by atoms with E-state index in [1.807, 2.05) is 0 Å². The van der Waals surface area contributed by atoms with Crippen molar-refractivity contribution in [2.45, 2.75) is 13.3 Å². The summed E-state index contributed by atoms with van der Waals surface area (Å²) in [6.45, 7) is 1.62. The number of hydrogen-bond donors (Lipinski definition) is 1. The fourth-order valence-electron chi connectivity index (χ4n) is 2.86. The predicted octanol–water partition coefficient (Wildman–Crippen LogP) is 4.20. The van der Waals surface area contributed by atoms with E-state index in [0.29, 0.717) is 16.7 Å². The Morgan fingerprint density at radius 2 is 1.90 bits per heavy atom. The zero-order chi connectivity index (χ0) is 22.1. The smallest absolute Gasteiger partial charge is 0.477 e. The van der Waals surface area contributed by atoms with Crippen LogP contribution >= 0.6 is 0 Å². The molecular weight excluding hydrogens is 405 g/mol. The first-order valence-electron chi connectivity index (χ1n) is 8.47. The summed E-state index contributed by atoms with van der Waals surface area (Å²) < 4.78 is 47.5. The summed E-state index contributed by atoms with van der Waals surface area (Å²) in [5, 5.41) is 9.97. The number of carbonyl (C=O) groups is 2. The van der Waals surface area contributed by atoms with E-state index in [0.717, 1.165) is 12.1 Å². The molecule has 1 aromatic carbocycles. The van der Waals surface area contributed by atoms with Gasteiger partial charge in [0.25, 0.3) is 0 Å². The van der Waals surface area contributed by atoms with Crippen LogP contribution in [0, 0.1) is 0 Å². The van der Waals surface area contributed by atoms with Crippen LogP contribution < -0.4 is 4.74 Å². The Balaban J connectivity index is 2.19. The van der Waals surface area contributed by atoms with Crippen molar-refractivity contribution in [1.29, 1.82) is 0 Å². The van der Waals surface area contributed by atoms with Crippen LogP contribution in [0.4, 0.5) is 13.2 Å². The monoisotopic (exact) mass is 420 g/mol. The SMILES string of the molecule is COC(=O)/C=C(\C)c1cccc(-n2c(C(=O)O)cc3ccc(OC(F)(F)F)cc32)n1. The summed E-state index contributed by atoms with van der Waals surface area (Å²) in [5.74, 6) is -2.24. The number of ether oxygens (including phenoxy) is 2. The van der Waals surface area contributed by atoms with Crippen LogP contribution in [-0.4, -0.2) is 40.1 Å². The lowest BCUT2D eigenvalue weighted by molar-refractivity contribution is -0.274. The van der Waals surface area contributed by atoms with Gasteiger partial charge in [-0.25, -0.2) is 14.6 Å². The number of carboxylic acids is 1. The van der Waals surface area contributed by atoms with Crippen LogP contribution in [0.15, 0.2) is 48.5 Å². The van der Waals surface area contributed by atoms with E-state index >= 15 is 0 Å². The lowest BCUT2D eigenvalue weighted by atomic mass is 10.2. The molecular formula is C20H15F3N2O5. The van der Waals surface area contributed by atoms with Gasteiger partial charge in [0.15, 0.2) is 0 Å². The highest BCUT2D eigenvalue weighted by Gasteiger charge is 2.31. The zero-order valence-electron chi connectivity index (χ0n) is 15.7. The van der Waals surface area contributed by atoms with Gasteiger partial charge < -0.3 is 14.6 Å². The number of carbonyl (C=O) groups excluding carboxylic acids is 1. The Morgan fingerprint density at radius 3 is 2.53 bits per heavy atom. The van der Waals surface area contributed by atoms with Crippen LogP contribution in [-0.2, 0) is 9.53 Å². The molecule has 0 saturated heterocycles. The first-order chi connectivity index (χ1) is 14.1. The molecule has 0 atom stereocenters. The molecule has 3 aromatic rings. The highest BCUT2D eigenvalue weighted by Crippen LogP contribution is 2.30. The molecule has 2 aromatic heterocycles. The predicted molar refractivity (Wildman–Crippen MR) is 100 cm³/mol. The van der Waals surface area contributed by atoms with Gasteiger partial charge in [-0.1, -0.05) is 6.07 Å². The molecule has 7 nitrogen and oxygen atoms in total. The van der Waals surface area contributed by atoms with Gasteiger partial charge in [-0.2, -0.15) is 0 Å². The molecule has 3 rings (SSSR count). The topological polar surface area (TPSA) is 90.7 Å². The number of esters is 1. The van der Waals surface area contributed by atoms with E-state index in [9.17, 15) is 27.9 Å². The molecule has 1 N–H and O–H groups in total. The summed E-state index contributed by atoms with van der Waals surface area (Å²) in [7, 11) is 1.22. The Morgan fingerprint density at radius 1 is 1.17 bits per heavy atom. The van der Waals surface area contributed by atoms with E-state index in [2.05, 4.69) is 14.5 Å². The molecule has 0 aliphatic carbocycles. The molecule has 0 aliphatic rings. The van der Waals surface area contributed by atoms with Gasteiger partial charge in [-0.3, -0.25) is 4.57 Å². The van der Waals surface area contributed by atoms with Crippen molar-refractivity contribution in [3.05, 3.63) is 59.9 Å². The van der Waals surface area contributed by atoms with Gasteiger partial charge in [-0.05, 0) is 42.8 Å². The quantitative estimate of drug-likeness (QED) is 0.492. The second kappa shape index (κ2) is 7.90. The van der Waals surface area contributed by atoms with Gasteiger partial charge in [-0.15, -0.1) is 13.2 Å². The highest BCUT2D eigenvalue weighted by atomic mass is 19.4. The van der Waals surface area contributed by atoms with Crippen LogP contribution in [0.3, 0.4) is 0 Å². The maximum Gasteiger partial charge on any atom is 0.573 e. The fourth-order valence-corrected chi connectivity index (χ4v) is 2.86. The van der Waals surface area contributed by atoms with Crippen molar-refractivity contribution in [2.24, 2.45) is 0 Å². The van der Waals surface area contributed by atoms with Crippen molar-refractivity contribution >= 4 is 28.4 Å². The molecule has 10 heteroatoms. The van der Waals surface area contributed by atoms with E-state index < -0.39 is 24.1 Å². The number of methoxy groups -OCH3 is 1. The molecule has 0 bridgehead atoms. The summed E-state index contributed by atoms with van der Waals surface area (Å²) in [4.78, 5) is 27.6. The van der Waals surface area contributed by atoms with Gasteiger partial charge >= 0.3 is 18.3 Å². The van der Waals surface area contributed by atoms with E-state index in [-0.39, 0.29) is 17.0 Å². The van der Waals surface area contributed by atoms with Crippen molar-refractivity contribution in [1.82, 2.24) is 9.55 Å². The summed E-state index contributed by atoms with van der Waals surface area (Å²) in [6.07, 6.45) is -3.68. The van der Waals surface area contributed by atoms with Gasteiger partial charge in [0.2, 0.25) is 0 Å². The normalized spacial score (nSPS) is 12.1. The number of nitrogens with zero attached hydrogens (tertiary/aromatic N) is 2. The minimum Gasteiger partial charge on any atom is -0.477 e. The molecule has 30 heavy (non-hydrogen) atoms. The standard InChI is InChI=1S/C20H15F3N2O5/c1-11(8-18(26)29-2)14-4-3-5-17(24-14)25-15-10-13(30-20(21,22)23)7-6-12(15)9-16(25)19(27)28/h3-10H,1-2H3,(H,27,28)/b11-8+. The van der Waals surface area contributed by atoms with Gasteiger partial charge in [0, 0.05) is 17.5 Å². The third-order valence-corrected chi connectivity index (χ3v) is 4.13. The number of fused-ring (bicyclic) bond motifs is 1.